The van der Waals surface area contributed by atoms with Gasteiger partial charge in [-0.05, 0) is 91.1 Å². The number of aryl methyl sites for hydroxylation is 1. The number of para-hydroxylation sites is 2. The topological polar surface area (TPSA) is 102 Å². The molecule has 0 fully saturated rings. The Balaban J connectivity index is 1.08. The first kappa shape index (κ1) is 30.0. The first-order valence-electron chi connectivity index (χ1n) is 15.0. The predicted octanol–water partition coefficient (Wildman–Crippen LogP) is 6.10. The van der Waals surface area contributed by atoms with E-state index in [-0.39, 0.29) is 11.3 Å². The number of aromatic nitrogens is 1. The summed E-state index contributed by atoms with van der Waals surface area (Å²) < 4.78 is 22.5. The van der Waals surface area contributed by atoms with Crippen LogP contribution in [0, 0.1) is 6.92 Å². The van der Waals surface area contributed by atoms with Crippen molar-refractivity contribution in [3.8, 4) is 23.0 Å². The molecule has 4 aromatic carbocycles. The van der Waals surface area contributed by atoms with Crippen molar-refractivity contribution in [1.29, 1.82) is 0 Å². The Morgan fingerprint density at radius 2 is 1.58 bits per heavy atom. The molecule has 45 heavy (non-hydrogen) atoms. The number of carbonyl (C=O) groups excluding carboxylic acids is 1. The van der Waals surface area contributed by atoms with Gasteiger partial charge in [-0.1, -0.05) is 12.1 Å². The van der Waals surface area contributed by atoms with Gasteiger partial charge in [0.2, 0.25) is 0 Å². The monoisotopic (exact) mass is 607 g/mol. The lowest BCUT2D eigenvalue weighted by Crippen LogP contribution is -2.32. The molecule has 5 aromatic rings. The minimum Gasteiger partial charge on any atom is -0.495 e. The molecule has 1 aliphatic heterocycles. The van der Waals surface area contributed by atoms with E-state index in [0.717, 1.165) is 55.3 Å². The van der Waals surface area contributed by atoms with Crippen LogP contribution >= 0.6 is 0 Å². The van der Waals surface area contributed by atoms with Crippen molar-refractivity contribution in [3.63, 3.8) is 0 Å². The molecule has 0 saturated carbocycles. The Bertz CT molecular complexity index is 1950. The van der Waals surface area contributed by atoms with Gasteiger partial charge in [-0.25, -0.2) is 0 Å². The third-order valence-electron chi connectivity index (χ3n) is 8.43. The second-order valence-electron chi connectivity index (χ2n) is 11.2. The SMILES string of the molecule is COc1cc2c(cc1OC)CN(CCCOc1ccc(NC(=O)c3cccc4c(=O)c5cccc(OC)c5[nH]c34)c(C)c1)CC2. The second-order valence-corrected chi connectivity index (χ2v) is 11.2. The maximum atomic E-state index is 13.5. The van der Waals surface area contributed by atoms with E-state index in [9.17, 15) is 9.59 Å². The number of methoxy groups -OCH3 is 3. The van der Waals surface area contributed by atoms with E-state index in [1.165, 1.54) is 11.1 Å². The van der Waals surface area contributed by atoms with Crippen molar-refractivity contribution < 1.29 is 23.7 Å². The van der Waals surface area contributed by atoms with Gasteiger partial charge < -0.3 is 29.2 Å². The highest BCUT2D eigenvalue weighted by Crippen LogP contribution is 2.33. The van der Waals surface area contributed by atoms with E-state index in [4.69, 9.17) is 18.9 Å². The summed E-state index contributed by atoms with van der Waals surface area (Å²) in [6.45, 7) is 5.30. The van der Waals surface area contributed by atoms with Crippen molar-refractivity contribution in [2.45, 2.75) is 26.3 Å². The zero-order valence-electron chi connectivity index (χ0n) is 26.0. The Morgan fingerprint density at radius 3 is 2.31 bits per heavy atom. The van der Waals surface area contributed by atoms with Crippen LogP contribution < -0.4 is 29.7 Å². The van der Waals surface area contributed by atoms with E-state index < -0.39 is 0 Å². The van der Waals surface area contributed by atoms with Crippen LogP contribution in [0.2, 0.25) is 0 Å². The summed E-state index contributed by atoms with van der Waals surface area (Å²) in [6, 6.07) is 20.3. The summed E-state index contributed by atoms with van der Waals surface area (Å²) in [7, 11) is 4.88. The third kappa shape index (κ3) is 6.04. The van der Waals surface area contributed by atoms with E-state index in [0.29, 0.717) is 45.4 Å². The first-order chi connectivity index (χ1) is 21.9. The highest BCUT2D eigenvalue weighted by atomic mass is 16.5. The molecular weight excluding hydrogens is 570 g/mol. The Morgan fingerprint density at radius 1 is 0.867 bits per heavy atom. The van der Waals surface area contributed by atoms with Crippen LogP contribution in [0.1, 0.15) is 33.5 Å². The Hall–Kier alpha value is -5.02. The normalized spacial score (nSPS) is 13.0. The number of carbonyl (C=O) groups is 1. The van der Waals surface area contributed by atoms with Crippen molar-refractivity contribution in [2.24, 2.45) is 0 Å². The van der Waals surface area contributed by atoms with E-state index in [1.54, 1.807) is 57.7 Å². The van der Waals surface area contributed by atoms with Crippen molar-refractivity contribution in [1.82, 2.24) is 9.88 Å². The number of nitrogens with one attached hydrogen (secondary N) is 2. The van der Waals surface area contributed by atoms with Gasteiger partial charge in [-0.3, -0.25) is 14.5 Å². The number of rotatable bonds is 10. The Labute approximate surface area is 261 Å². The summed E-state index contributed by atoms with van der Waals surface area (Å²) in [5, 5.41) is 3.95. The number of amides is 1. The van der Waals surface area contributed by atoms with Gasteiger partial charge in [0.25, 0.3) is 5.91 Å². The highest BCUT2D eigenvalue weighted by Gasteiger charge is 2.20. The minimum absolute atomic E-state index is 0.156. The molecule has 1 aromatic heterocycles. The lowest BCUT2D eigenvalue weighted by molar-refractivity contribution is 0.102. The molecule has 1 amide bonds. The van der Waals surface area contributed by atoms with Crippen molar-refractivity contribution in [2.75, 3.05) is 46.3 Å². The standard InChI is InChI=1S/C36H37N3O6/c1-22-18-25(45-17-7-15-39-16-14-23-19-31(43-3)32(44-4)20-24(23)21-39)12-13-29(22)37-36(41)28-10-5-8-26-33(28)38-34-27(35(26)40)9-6-11-30(34)42-2/h5-6,8-13,18-20H,7,14-17,21H2,1-4H3,(H,37,41)(H,38,40). The number of ether oxygens (including phenoxy) is 4. The molecule has 9 nitrogen and oxygen atoms in total. The van der Waals surface area contributed by atoms with E-state index in [2.05, 4.69) is 27.3 Å². The lowest BCUT2D eigenvalue weighted by atomic mass is 9.98. The fraction of sp³-hybridized carbons (Fsp3) is 0.278. The fourth-order valence-corrected chi connectivity index (χ4v) is 6.02. The largest absolute Gasteiger partial charge is 0.495 e. The van der Waals surface area contributed by atoms with Crippen LogP contribution in [0.3, 0.4) is 0 Å². The van der Waals surface area contributed by atoms with Crippen LogP contribution in [-0.4, -0.2) is 56.8 Å². The Kier molecular flexibility index (Phi) is 8.62. The number of aromatic amines is 1. The molecule has 9 heteroatoms. The molecule has 0 spiro atoms. The van der Waals surface area contributed by atoms with Gasteiger partial charge in [0.1, 0.15) is 11.5 Å². The molecule has 1 aliphatic rings. The molecule has 6 rings (SSSR count). The third-order valence-corrected chi connectivity index (χ3v) is 8.43. The van der Waals surface area contributed by atoms with Gasteiger partial charge >= 0.3 is 0 Å². The summed E-state index contributed by atoms with van der Waals surface area (Å²) in [6.07, 6.45) is 1.86. The molecule has 2 N–H and O–H groups in total. The number of pyridine rings is 1. The fourth-order valence-electron chi connectivity index (χ4n) is 6.02. The number of nitrogens with zero attached hydrogens (tertiary/aromatic N) is 1. The minimum atomic E-state index is -0.318. The predicted molar refractivity (Wildman–Crippen MR) is 176 cm³/mol. The van der Waals surface area contributed by atoms with Crippen LogP contribution in [0.25, 0.3) is 21.8 Å². The maximum Gasteiger partial charge on any atom is 0.257 e. The summed E-state index contributed by atoms with van der Waals surface area (Å²) in [5.74, 6) is 2.51. The number of H-pyrrole nitrogens is 1. The highest BCUT2D eigenvalue weighted by molar-refractivity contribution is 6.13. The summed E-state index contributed by atoms with van der Waals surface area (Å²) in [4.78, 5) is 32.4. The zero-order valence-corrected chi connectivity index (χ0v) is 26.0. The van der Waals surface area contributed by atoms with Crippen molar-refractivity contribution >= 4 is 33.4 Å². The maximum absolute atomic E-state index is 13.5. The molecule has 0 unspecified atom stereocenters. The average Bonchev–Trinajstić information content (AvgIpc) is 3.06. The molecule has 232 valence electrons. The number of benzene rings is 4. The van der Waals surface area contributed by atoms with Crippen LogP contribution in [-0.2, 0) is 13.0 Å². The molecule has 2 heterocycles. The lowest BCUT2D eigenvalue weighted by Gasteiger charge is -2.29. The van der Waals surface area contributed by atoms with E-state index >= 15 is 0 Å². The summed E-state index contributed by atoms with van der Waals surface area (Å²) in [5.41, 5.74) is 5.36. The number of fused-ring (bicyclic) bond motifs is 3. The molecule has 0 atom stereocenters. The first-order valence-corrected chi connectivity index (χ1v) is 15.0. The van der Waals surface area contributed by atoms with Crippen LogP contribution in [0.4, 0.5) is 5.69 Å². The molecular formula is C36H37N3O6. The van der Waals surface area contributed by atoms with E-state index in [1.807, 2.05) is 25.1 Å². The van der Waals surface area contributed by atoms with Crippen LogP contribution in [0.15, 0.2) is 71.5 Å². The van der Waals surface area contributed by atoms with Gasteiger partial charge in [0.05, 0.1) is 44.5 Å². The average molecular weight is 608 g/mol. The van der Waals surface area contributed by atoms with Gasteiger partial charge in [0.15, 0.2) is 16.9 Å². The summed E-state index contributed by atoms with van der Waals surface area (Å²) >= 11 is 0. The van der Waals surface area contributed by atoms with Gasteiger partial charge in [-0.15, -0.1) is 0 Å². The van der Waals surface area contributed by atoms with Gasteiger partial charge in [0, 0.05) is 36.1 Å². The van der Waals surface area contributed by atoms with Crippen LogP contribution in [0.5, 0.6) is 23.0 Å². The molecule has 0 bridgehead atoms. The second kappa shape index (κ2) is 12.9. The molecule has 0 aliphatic carbocycles. The molecule has 0 saturated heterocycles. The zero-order chi connectivity index (χ0) is 31.5. The molecule has 0 radical (unpaired) electrons. The quantitative estimate of drug-likeness (QED) is 0.146. The van der Waals surface area contributed by atoms with Gasteiger partial charge in [-0.2, -0.15) is 0 Å². The smallest absolute Gasteiger partial charge is 0.257 e. The van der Waals surface area contributed by atoms with Crippen molar-refractivity contribution in [3.05, 3.63) is 99.2 Å². The number of hydrogen-bond acceptors (Lipinski definition) is 7. The number of anilines is 1. The number of hydrogen-bond donors (Lipinski definition) is 2.